The van der Waals surface area contributed by atoms with Gasteiger partial charge in [0.15, 0.2) is 5.82 Å². The second-order valence-electron chi connectivity index (χ2n) is 2.97. The molecule has 0 aromatic heterocycles. The first-order valence-corrected chi connectivity index (χ1v) is 4.39. The second kappa shape index (κ2) is 6.28. The Labute approximate surface area is 78.4 Å². The van der Waals surface area contributed by atoms with Gasteiger partial charge in [-0.3, -0.25) is 10.1 Å². The first-order valence-electron chi connectivity index (χ1n) is 4.39. The van der Waals surface area contributed by atoms with Gasteiger partial charge in [0.05, 0.1) is 4.92 Å². The molecule has 0 aromatic carbocycles. The Morgan fingerprint density at radius 3 is 2.69 bits per heavy atom. The summed E-state index contributed by atoms with van der Waals surface area (Å²) in [6, 6.07) is 0. The first-order chi connectivity index (χ1) is 6.07. The van der Waals surface area contributed by atoms with E-state index in [4.69, 9.17) is 5.73 Å². The highest BCUT2D eigenvalue weighted by Gasteiger charge is 2.03. The van der Waals surface area contributed by atoms with Gasteiger partial charge in [0, 0.05) is 13.6 Å². The van der Waals surface area contributed by atoms with Gasteiger partial charge < -0.3 is 10.6 Å². The van der Waals surface area contributed by atoms with Crippen LogP contribution < -0.4 is 5.73 Å². The van der Waals surface area contributed by atoms with Crippen LogP contribution in [-0.4, -0.2) is 23.4 Å². The SMILES string of the molecule is CCCCCN(C)C(N)=C[N+](=O)[O-]. The van der Waals surface area contributed by atoms with E-state index in [1.54, 1.807) is 11.9 Å². The summed E-state index contributed by atoms with van der Waals surface area (Å²) in [4.78, 5) is 11.2. The van der Waals surface area contributed by atoms with Crippen molar-refractivity contribution in [2.45, 2.75) is 26.2 Å². The smallest absolute Gasteiger partial charge is 0.274 e. The molecule has 0 saturated heterocycles. The molecule has 0 bridgehead atoms. The fourth-order valence-electron chi connectivity index (χ4n) is 0.935. The normalized spacial score (nSPS) is 11.4. The van der Waals surface area contributed by atoms with Gasteiger partial charge in [0.1, 0.15) is 0 Å². The molecule has 0 atom stereocenters. The summed E-state index contributed by atoms with van der Waals surface area (Å²) < 4.78 is 0. The van der Waals surface area contributed by atoms with Crippen LogP contribution in [-0.2, 0) is 0 Å². The van der Waals surface area contributed by atoms with E-state index in [-0.39, 0.29) is 5.82 Å². The zero-order valence-corrected chi connectivity index (χ0v) is 8.19. The van der Waals surface area contributed by atoms with Crippen molar-refractivity contribution in [1.82, 2.24) is 4.90 Å². The Hall–Kier alpha value is -1.26. The molecule has 0 aliphatic carbocycles. The van der Waals surface area contributed by atoms with Crippen LogP contribution in [0.25, 0.3) is 0 Å². The van der Waals surface area contributed by atoms with Crippen LogP contribution in [0.1, 0.15) is 26.2 Å². The summed E-state index contributed by atoms with van der Waals surface area (Å²) in [6.45, 7) is 2.88. The third-order valence-corrected chi connectivity index (χ3v) is 1.78. The summed E-state index contributed by atoms with van der Waals surface area (Å²) in [5.41, 5.74) is 5.45. The molecule has 5 heteroatoms. The number of rotatable bonds is 6. The fourth-order valence-corrected chi connectivity index (χ4v) is 0.935. The molecule has 0 unspecified atom stereocenters. The van der Waals surface area contributed by atoms with Crippen molar-refractivity contribution in [3.63, 3.8) is 0 Å². The lowest BCUT2D eigenvalue weighted by Gasteiger charge is -2.16. The van der Waals surface area contributed by atoms with Crippen LogP contribution in [0.2, 0.25) is 0 Å². The largest absolute Gasteiger partial charge is 0.380 e. The Bertz CT molecular complexity index is 192. The number of nitrogens with two attached hydrogens (primary N) is 1. The second-order valence-corrected chi connectivity index (χ2v) is 2.97. The third-order valence-electron chi connectivity index (χ3n) is 1.78. The molecule has 76 valence electrons. The lowest BCUT2D eigenvalue weighted by molar-refractivity contribution is -0.404. The lowest BCUT2D eigenvalue weighted by Crippen LogP contribution is -2.25. The number of nitro groups is 1. The standard InChI is InChI=1S/C8H17N3O2/c1-3-4-5-6-10(2)8(9)7-11(12)13/h7H,3-6,9H2,1-2H3. The molecule has 0 rings (SSSR count). The molecule has 0 radical (unpaired) electrons. The maximum atomic E-state index is 10.1. The Kier molecular flexibility index (Phi) is 5.67. The molecule has 13 heavy (non-hydrogen) atoms. The maximum Gasteiger partial charge on any atom is 0.274 e. The van der Waals surface area contributed by atoms with Crippen molar-refractivity contribution < 1.29 is 4.92 Å². The Morgan fingerprint density at radius 1 is 1.62 bits per heavy atom. The molecule has 0 aromatic rings. The molecule has 5 nitrogen and oxygen atoms in total. The number of hydrogen-bond donors (Lipinski definition) is 1. The minimum Gasteiger partial charge on any atom is -0.380 e. The fraction of sp³-hybridized carbons (Fsp3) is 0.750. The monoisotopic (exact) mass is 187 g/mol. The van der Waals surface area contributed by atoms with Crippen molar-refractivity contribution in [2.75, 3.05) is 13.6 Å². The van der Waals surface area contributed by atoms with Crippen molar-refractivity contribution in [3.05, 3.63) is 22.1 Å². The minimum absolute atomic E-state index is 0.209. The molecule has 0 amide bonds. The van der Waals surface area contributed by atoms with Crippen LogP contribution in [0.5, 0.6) is 0 Å². The van der Waals surface area contributed by atoms with Crippen LogP contribution in [0.15, 0.2) is 12.0 Å². The van der Waals surface area contributed by atoms with Gasteiger partial charge in [0.25, 0.3) is 6.20 Å². The predicted molar refractivity (Wildman–Crippen MR) is 51.4 cm³/mol. The van der Waals surface area contributed by atoms with E-state index in [0.717, 1.165) is 32.0 Å². The van der Waals surface area contributed by atoms with Gasteiger partial charge in [0.2, 0.25) is 0 Å². The Balaban J connectivity index is 3.82. The van der Waals surface area contributed by atoms with Crippen molar-refractivity contribution in [3.8, 4) is 0 Å². The lowest BCUT2D eigenvalue weighted by atomic mass is 10.2. The van der Waals surface area contributed by atoms with E-state index >= 15 is 0 Å². The number of unbranched alkanes of at least 4 members (excludes halogenated alkanes) is 2. The molecule has 0 heterocycles. The molecular weight excluding hydrogens is 170 g/mol. The predicted octanol–water partition coefficient (Wildman–Crippen LogP) is 1.14. The molecule has 2 N–H and O–H groups in total. The summed E-state index contributed by atoms with van der Waals surface area (Å²) >= 11 is 0. The number of hydrogen-bond acceptors (Lipinski definition) is 4. The topological polar surface area (TPSA) is 72.4 Å². The van der Waals surface area contributed by atoms with Gasteiger partial charge in [-0.2, -0.15) is 0 Å². The highest BCUT2D eigenvalue weighted by molar-refractivity contribution is 4.88. The minimum atomic E-state index is -0.536. The van der Waals surface area contributed by atoms with Gasteiger partial charge in [-0.15, -0.1) is 0 Å². The zero-order valence-electron chi connectivity index (χ0n) is 8.19. The zero-order chi connectivity index (χ0) is 10.3. The molecule has 0 fully saturated rings. The van der Waals surface area contributed by atoms with Crippen LogP contribution in [0, 0.1) is 10.1 Å². The van der Waals surface area contributed by atoms with Crippen molar-refractivity contribution in [1.29, 1.82) is 0 Å². The Morgan fingerprint density at radius 2 is 2.23 bits per heavy atom. The summed E-state index contributed by atoms with van der Waals surface area (Å²) in [6.07, 6.45) is 4.09. The quantitative estimate of drug-likeness (QED) is 0.384. The van der Waals surface area contributed by atoms with E-state index in [9.17, 15) is 10.1 Å². The molecular formula is C8H17N3O2. The van der Waals surface area contributed by atoms with Crippen LogP contribution >= 0.6 is 0 Å². The molecule has 0 aliphatic rings. The highest BCUT2D eigenvalue weighted by Crippen LogP contribution is 1.99. The average molecular weight is 187 g/mol. The van der Waals surface area contributed by atoms with Gasteiger partial charge in [-0.25, -0.2) is 0 Å². The van der Waals surface area contributed by atoms with Gasteiger partial charge >= 0.3 is 0 Å². The van der Waals surface area contributed by atoms with Crippen LogP contribution in [0.3, 0.4) is 0 Å². The third kappa shape index (κ3) is 5.95. The van der Waals surface area contributed by atoms with Crippen molar-refractivity contribution in [2.24, 2.45) is 5.73 Å². The van der Waals surface area contributed by atoms with Crippen molar-refractivity contribution >= 4 is 0 Å². The van der Waals surface area contributed by atoms with E-state index in [2.05, 4.69) is 6.92 Å². The number of nitrogens with zero attached hydrogens (tertiary/aromatic N) is 2. The highest BCUT2D eigenvalue weighted by atomic mass is 16.6. The van der Waals surface area contributed by atoms with E-state index < -0.39 is 4.92 Å². The average Bonchev–Trinajstić information content (AvgIpc) is 2.03. The summed E-state index contributed by atoms with van der Waals surface area (Å²) in [7, 11) is 1.75. The molecule has 0 spiro atoms. The first kappa shape index (κ1) is 11.7. The maximum absolute atomic E-state index is 10.1. The molecule has 0 saturated carbocycles. The van der Waals surface area contributed by atoms with Crippen LogP contribution in [0.4, 0.5) is 0 Å². The molecule has 0 aliphatic heterocycles. The summed E-state index contributed by atoms with van der Waals surface area (Å²) in [5, 5.41) is 10.1. The van der Waals surface area contributed by atoms with E-state index in [0.29, 0.717) is 0 Å². The van der Waals surface area contributed by atoms with Gasteiger partial charge in [-0.1, -0.05) is 19.8 Å². The van der Waals surface area contributed by atoms with Gasteiger partial charge in [-0.05, 0) is 6.42 Å². The van der Waals surface area contributed by atoms with E-state index in [1.807, 2.05) is 0 Å². The van der Waals surface area contributed by atoms with E-state index in [1.165, 1.54) is 0 Å². The summed E-state index contributed by atoms with van der Waals surface area (Å²) in [5.74, 6) is 0.209.